The number of rotatable bonds is 7. The molecule has 3 heteroatoms. The fourth-order valence-corrected chi connectivity index (χ4v) is 9.26. The van der Waals surface area contributed by atoms with Crippen molar-refractivity contribution in [3.63, 3.8) is 0 Å². The van der Waals surface area contributed by atoms with Crippen LogP contribution in [0.25, 0.3) is 0 Å². The second-order valence-electron chi connectivity index (χ2n) is 12.7. The van der Waals surface area contributed by atoms with Gasteiger partial charge in [-0.05, 0) is 98.2 Å². The van der Waals surface area contributed by atoms with Crippen LogP contribution in [0.5, 0.6) is 0 Å². The van der Waals surface area contributed by atoms with Crippen molar-refractivity contribution in [1.82, 2.24) is 0 Å². The molecule has 0 aromatic rings. The number of esters is 1. The third-order valence-corrected chi connectivity index (χ3v) is 11.0. The van der Waals surface area contributed by atoms with Gasteiger partial charge in [0.15, 0.2) is 0 Å². The molecule has 8 atom stereocenters. The Hall–Kier alpha value is -1.12. The molecule has 0 saturated heterocycles. The number of carbonyl (C=O) groups excluding carboxylic acids is 2. The van der Waals surface area contributed by atoms with E-state index in [1.807, 2.05) is 13.8 Å². The minimum atomic E-state index is -0.132. The molecule has 0 aromatic carbocycles. The maximum atomic E-state index is 12.3. The Morgan fingerprint density at radius 1 is 1.09 bits per heavy atom. The first-order chi connectivity index (χ1) is 15.6. The molecule has 3 nitrogen and oxygen atoms in total. The lowest BCUT2D eigenvalue weighted by Crippen LogP contribution is -2.51. The van der Waals surface area contributed by atoms with Gasteiger partial charge in [-0.2, -0.15) is 0 Å². The zero-order chi connectivity index (χ0) is 24.0. The highest BCUT2D eigenvalue weighted by Gasteiger charge is 2.59. The maximum absolute atomic E-state index is 12.3. The van der Waals surface area contributed by atoms with E-state index in [0.717, 1.165) is 49.4 Å². The molecule has 0 spiro atoms. The normalized spacial score (nSPS) is 40.9. The van der Waals surface area contributed by atoms with Gasteiger partial charge in [-0.25, -0.2) is 0 Å². The minimum Gasteiger partial charge on any atom is -0.462 e. The first-order valence-electron chi connectivity index (χ1n) is 14.0. The zero-order valence-electron chi connectivity index (χ0n) is 22.1. The molecule has 0 N–H and O–H groups in total. The predicted molar refractivity (Wildman–Crippen MR) is 134 cm³/mol. The van der Waals surface area contributed by atoms with E-state index in [2.05, 4.69) is 26.8 Å². The summed E-state index contributed by atoms with van der Waals surface area (Å²) in [6.45, 7) is 13.1. The summed E-state index contributed by atoms with van der Waals surface area (Å²) in [5.74, 6) is 4.33. The minimum absolute atomic E-state index is 0.0871. The van der Waals surface area contributed by atoms with Crippen molar-refractivity contribution in [1.29, 1.82) is 0 Å². The molecule has 4 aliphatic carbocycles. The van der Waals surface area contributed by atoms with Gasteiger partial charge in [-0.3, -0.25) is 9.59 Å². The van der Waals surface area contributed by atoms with E-state index >= 15 is 0 Å². The molecule has 4 aliphatic rings. The largest absolute Gasteiger partial charge is 0.462 e. The van der Waals surface area contributed by atoms with Crippen LogP contribution in [0.2, 0.25) is 0 Å². The highest BCUT2D eigenvalue weighted by molar-refractivity contribution is 5.80. The lowest BCUT2D eigenvalue weighted by atomic mass is 9.46. The quantitative estimate of drug-likeness (QED) is 0.294. The van der Waals surface area contributed by atoms with Crippen LogP contribution in [0.1, 0.15) is 112 Å². The topological polar surface area (TPSA) is 43.4 Å². The molecule has 0 amide bonds. The first-order valence-corrected chi connectivity index (χ1v) is 14.0. The van der Waals surface area contributed by atoms with E-state index in [0.29, 0.717) is 22.5 Å². The third kappa shape index (κ3) is 4.36. The first kappa shape index (κ1) is 25.0. The average molecular weight is 457 g/mol. The van der Waals surface area contributed by atoms with E-state index in [1.54, 1.807) is 12.5 Å². The van der Waals surface area contributed by atoms with Gasteiger partial charge in [0.25, 0.3) is 0 Å². The highest BCUT2D eigenvalue weighted by Crippen LogP contribution is 2.68. The van der Waals surface area contributed by atoms with Gasteiger partial charge < -0.3 is 4.74 Å². The number of carbonyl (C=O) groups is 2. The van der Waals surface area contributed by atoms with Gasteiger partial charge in [0.05, 0.1) is 0 Å². The summed E-state index contributed by atoms with van der Waals surface area (Å²) >= 11 is 0. The molecule has 186 valence electrons. The smallest absolute Gasteiger partial charge is 0.302 e. The van der Waals surface area contributed by atoms with E-state index < -0.39 is 0 Å². The van der Waals surface area contributed by atoms with Crippen LogP contribution in [0.15, 0.2) is 11.6 Å². The van der Waals surface area contributed by atoms with Crippen LogP contribution in [-0.4, -0.2) is 17.9 Å². The number of allylic oxidation sites excluding steroid dienone is 1. The average Bonchev–Trinajstić information content (AvgIpc) is 3.13. The van der Waals surface area contributed by atoms with E-state index in [4.69, 9.17) is 4.74 Å². The number of hydrogen-bond donors (Lipinski definition) is 0. The van der Waals surface area contributed by atoms with Crippen molar-refractivity contribution < 1.29 is 14.3 Å². The Kier molecular flexibility index (Phi) is 7.19. The fourth-order valence-electron chi connectivity index (χ4n) is 9.26. The van der Waals surface area contributed by atoms with Crippen molar-refractivity contribution in [3.8, 4) is 0 Å². The highest BCUT2D eigenvalue weighted by atomic mass is 16.5. The molecular weight excluding hydrogens is 408 g/mol. The predicted octanol–water partition coefficient (Wildman–Crippen LogP) is 7.53. The molecule has 0 bridgehead atoms. The van der Waals surface area contributed by atoms with Crippen LogP contribution in [0, 0.1) is 46.3 Å². The Bertz CT molecular complexity index is 781. The van der Waals surface area contributed by atoms with Gasteiger partial charge in [0.1, 0.15) is 11.9 Å². The lowest BCUT2D eigenvalue weighted by molar-refractivity contribution is -0.149. The summed E-state index contributed by atoms with van der Waals surface area (Å²) < 4.78 is 5.64. The van der Waals surface area contributed by atoms with Crippen molar-refractivity contribution >= 4 is 11.8 Å². The van der Waals surface area contributed by atoms with Crippen molar-refractivity contribution in [2.45, 2.75) is 118 Å². The molecule has 0 heterocycles. The molecule has 0 aliphatic heterocycles. The van der Waals surface area contributed by atoms with Gasteiger partial charge in [-0.1, -0.05) is 46.3 Å². The van der Waals surface area contributed by atoms with Crippen molar-refractivity contribution in [2.24, 2.45) is 46.3 Å². The van der Waals surface area contributed by atoms with E-state index in [1.165, 1.54) is 44.9 Å². The maximum Gasteiger partial charge on any atom is 0.302 e. The monoisotopic (exact) mass is 456 g/mol. The summed E-state index contributed by atoms with van der Waals surface area (Å²) in [5.41, 5.74) is 2.40. The molecule has 4 rings (SSSR count). The number of Topliss-reactive ketones (excluding diaryl/α,β-unsaturated/α-hetero) is 1. The number of ketones is 1. The second-order valence-corrected chi connectivity index (χ2v) is 12.7. The molecule has 0 aromatic heterocycles. The molecule has 33 heavy (non-hydrogen) atoms. The lowest BCUT2D eigenvalue weighted by Gasteiger charge is -2.59. The number of hydrogen-bond acceptors (Lipinski definition) is 3. The number of ether oxygens (including phenoxy) is 1. The molecule has 0 radical (unpaired) electrons. The number of fused-ring (bicyclic) bond motifs is 5. The molecule has 5 unspecified atom stereocenters. The van der Waals surface area contributed by atoms with Gasteiger partial charge >= 0.3 is 5.97 Å². The molecular formula is C30H48O3. The van der Waals surface area contributed by atoms with Gasteiger partial charge in [0.2, 0.25) is 0 Å². The summed E-state index contributed by atoms with van der Waals surface area (Å²) in [5, 5.41) is 0. The molecule has 3 saturated carbocycles. The summed E-state index contributed by atoms with van der Waals surface area (Å²) in [4.78, 5) is 23.8. The van der Waals surface area contributed by atoms with Crippen molar-refractivity contribution in [3.05, 3.63) is 11.6 Å². The van der Waals surface area contributed by atoms with Crippen LogP contribution < -0.4 is 0 Å². The Morgan fingerprint density at radius 3 is 2.52 bits per heavy atom. The Balaban J connectivity index is 1.50. The van der Waals surface area contributed by atoms with Crippen LogP contribution in [-0.2, 0) is 14.3 Å². The van der Waals surface area contributed by atoms with Crippen LogP contribution in [0.4, 0.5) is 0 Å². The van der Waals surface area contributed by atoms with E-state index in [-0.39, 0.29) is 18.0 Å². The van der Waals surface area contributed by atoms with Gasteiger partial charge in [-0.15, -0.1) is 0 Å². The van der Waals surface area contributed by atoms with E-state index in [9.17, 15) is 9.59 Å². The zero-order valence-corrected chi connectivity index (χ0v) is 22.1. The van der Waals surface area contributed by atoms with Crippen molar-refractivity contribution in [2.75, 3.05) is 0 Å². The van der Waals surface area contributed by atoms with Gasteiger partial charge in [0, 0.05) is 25.7 Å². The summed E-state index contributed by atoms with van der Waals surface area (Å²) in [7, 11) is 0. The molecule has 3 fully saturated rings. The Morgan fingerprint density at radius 2 is 1.85 bits per heavy atom. The second kappa shape index (κ2) is 9.50. The third-order valence-electron chi connectivity index (χ3n) is 11.0. The van der Waals surface area contributed by atoms with Crippen LogP contribution in [0.3, 0.4) is 0 Å². The SMILES string of the molecule is CC[C@]12CC[C@H](OC(C)=O)CC1=CCC1C2CC[C@]2(C)C(C(C)CCC(=O)C(C)C)CCC12. The summed E-state index contributed by atoms with van der Waals surface area (Å²) in [6, 6.07) is 0. The Labute approximate surface area is 202 Å². The standard InChI is InChI=1S/C30H48O3/c1-7-30-17-14-23(33-21(5)31)18-22(30)9-10-24-26-12-11-25(29(26,6)16-15-27(24)30)20(4)8-13-28(32)19(2)3/h9,19-20,23-27H,7-8,10-18H2,1-6H3/t20?,23-,24?,25?,26?,27?,29+,30-/m0/s1. The van der Waals surface area contributed by atoms with Crippen LogP contribution >= 0.6 is 0 Å². The summed E-state index contributed by atoms with van der Waals surface area (Å²) in [6.07, 6.45) is 15.6. The fraction of sp³-hybridized carbons (Fsp3) is 0.867.